The number of amides is 1. The summed E-state index contributed by atoms with van der Waals surface area (Å²) < 4.78 is 0. The Morgan fingerprint density at radius 1 is 0.967 bits per heavy atom. The average Bonchev–Trinajstić information content (AvgIpc) is 3.17. The molecule has 1 atom stereocenters. The summed E-state index contributed by atoms with van der Waals surface area (Å²) in [6.45, 7) is 0.574. The molecule has 6 heteroatoms. The van der Waals surface area contributed by atoms with Gasteiger partial charge in [0.1, 0.15) is 0 Å². The molecule has 5 rings (SSSR count). The van der Waals surface area contributed by atoms with Gasteiger partial charge in [-0.15, -0.1) is 0 Å². The molecule has 3 aromatic carbocycles. The molecule has 1 amide bonds. The number of nitro benzene ring substituents is 1. The monoisotopic (exact) mass is 397 g/mol. The van der Waals surface area contributed by atoms with Crippen molar-refractivity contribution in [1.29, 1.82) is 0 Å². The van der Waals surface area contributed by atoms with Gasteiger partial charge in [-0.05, 0) is 47.9 Å². The number of carbonyl (C=O) groups excluding carboxylic acids is 1. The van der Waals surface area contributed by atoms with Gasteiger partial charge in [-0.3, -0.25) is 14.9 Å². The van der Waals surface area contributed by atoms with E-state index in [0.717, 1.165) is 28.6 Å². The molecule has 1 aromatic heterocycles. The Bertz CT molecular complexity index is 1250. The van der Waals surface area contributed by atoms with Gasteiger partial charge in [-0.1, -0.05) is 36.4 Å². The van der Waals surface area contributed by atoms with Gasteiger partial charge in [0.25, 0.3) is 11.6 Å². The van der Waals surface area contributed by atoms with E-state index in [1.54, 1.807) is 12.1 Å². The lowest BCUT2D eigenvalue weighted by molar-refractivity contribution is -0.384. The zero-order valence-corrected chi connectivity index (χ0v) is 16.1. The molecule has 0 spiro atoms. The molecule has 30 heavy (non-hydrogen) atoms. The number of aromatic nitrogens is 1. The van der Waals surface area contributed by atoms with E-state index in [4.69, 9.17) is 0 Å². The Labute approximate surface area is 172 Å². The minimum absolute atomic E-state index is 0.0346. The van der Waals surface area contributed by atoms with Crippen LogP contribution in [0.2, 0.25) is 0 Å². The number of non-ortho nitro benzene ring substituents is 1. The zero-order chi connectivity index (χ0) is 20.7. The summed E-state index contributed by atoms with van der Waals surface area (Å²) >= 11 is 0. The van der Waals surface area contributed by atoms with E-state index in [1.165, 1.54) is 17.7 Å². The van der Waals surface area contributed by atoms with E-state index in [9.17, 15) is 14.9 Å². The summed E-state index contributed by atoms with van der Waals surface area (Å²) in [6, 6.07) is 23.5. The van der Waals surface area contributed by atoms with Crippen LogP contribution in [0.1, 0.15) is 33.2 Å². The molecular weight excluding hydrogens is 378 g/mol. The Hall–Kier alpha value is -3.93. The van der Waals surface area contributed by atoms with Crippen LogP contribution in [0, 0.1) is 10.1 Å². The van der Waals surface area contributed by atoms with Crippen molar-refractivity contribution >= 4 is 22.5 Å². The molecule has 4 aromatic rings. The van der Waals surface area contributed by atoms with Crippen molar-refractivity contribution in [1.82, 2.24) is 9.88 Å². The zero-order valence-electron chi connectivity index (χ0n) is 16.1. The van der Waals surface area contributed by atoms with Crippen molar-refractivity contribution in [2.45, 2.75) is 12.5 Å². The first-order valence-electron chi connectivity index (χ1n) is 9.83. The van der Waals surface area contributed by atoms with Gasteiger partial charge in [0, 0.05) is 40.8 Å². The van der Waals surface area contributed by atoms with Crippen LogP contribution < -0.4 is 0 Å². The van der Waals surface area contributed by atoms with Crippen molar-refractivity contribution in [2.75, 3.05) is 6.54 Å². The highest BCUT2D eigenvalue weighted by Crippen LogP contribution is 2.39. The Kier molecular flexibility index (Phi) is 4.32. The second kappa shape index (κ2) is 7.15. The number of carbonyl (C=O) groups is 1. The van der Waals surface area contributed by atoms with Crippen molar-refractivity contribution in [3.63, 3.8) is 0 Å². The summed E-state index contributed by atoms with van der Waals surface area (Å²) in [5.41, 5.74) is 4.71. The molecule has 148 valence electrons. The largest absolute Gasteiger partial charge is 0.356 e. The fourth-order valence-corrected chi connectivity index (χ4v) is 4.33. The normalized spacial score (nSPS) is 15.7. The number of rotatable bonds is 3. The summed E-state index contributed by atoms with van der Waals surface area (Å²) in [6.07, 6.45) is 0.751. The third-order valence-electron chi connectivity index (χ3n) is 5.74. The van der Waals surface area contributed by atoms with Crippen LogP contribution >= 0.6 is 0 Å². The van der Waals surface area contributed by atoms with Gasteiger partial charge >= 0.3 is 0 Å². The van der Waals surface area contributed by atoms with Crippen LogP contribution in [0.3, 0.4) is 0 Å². The van der Waals surface area contributed by atoms with E-state index in [0.29, 0.717) is 12.1 Å². The van der Waals surface area contributed by atoms with Crippen LogP contribution in [0.25, 0.3) is 10.9 Å². The fraction of sp³-hybridized carbons (Fsp3) is 0.125. The van der Waals surface area contributed by atoms with Gasteiger partial charge in [-0.2, -0.15) is 0 Å². The predicted molar refractivity (Wildman–Crippen MR) is 114 cm³/mol. The van der Waals surface area contributed by atoms with Crippen molar-refractivity contribution in [2.24, 2.45) is 0 Å². The van der Waals surface area contributed by atoms with Crippen molar-refractivity contribution in [3.8, 4) is 0 Å². The topological polar surface area (TPSA) is 79.2 Å². The summed E-state index contributed by atoms with van der Waals surface area (Å²) in [5, 5.41) is 12.3. The van der Waals surface area contributed by atoms with Gasteiger partial charge < -0.3 is 9.88 Å². The lowest BCUT2D eigenvalue weighted by atomic mass is 9.91. The van der Waals surface area contributed by atoms with Crippen LogP contribution in [-0.2, 0) is 6.42 Å². The first-order chi connectivity index (χ1) is 14.6. The van der Waals surface area contributed by atoms with E-state index in [1.807, 2.05) is 53.4 Å². The van der Waals surface area contributed by atoms with Gasteiger partial charge in [0.15, 0.2) is 0 Å². The highest BCUT2D eigenvalue weighted by molar-refractivity contribution is 5.95. The molecule has 2 heterocycles. The summed E-state index contributed by atoms with van der Waals surface area (Å²) in [7, 11) is 0. The van der Waals surface area contributed by atoms with Crippen LogP contribution in [0.5, 0.6) is 0 Å². The quantitative estimate of drug-likeness (QED) is 0.396. The number of nitro groups is 1. The molecule has 0 fully saturated rings. The van der Waals surface area contributed by atoms with Gasteiger partial charge in [0.05, 0.1) is 11.0 Å². The van der Waals surface area contributed by atoms with E-state index >= 15 is 0 Å². The lowest BCUT2D eigenvalue weighted by Gasteiger charge is -2.36. The van der Waals surface area contributed by atoms with Crippen molar-refractivity contribution < 1.29 is 9.72 Å². The highest BCUT2D eigenvalue weighted by Gasteiger charge is 2.35. The third kappa shape index (κ3) is 2.93. The Balaban J connectivity index is 1.65. The molecule has 0 radical (unpaired) electrons. The standard InChI is InChI=1S/C24H19N3O3/c28-24(17-6-2-1-3-7-17)26-15-14-20-19-8-4-5-9-21(19)25-22(20)23(26)16-10-12-18(13-11-16)27(29)30/h1-13,23,25H,14-15H2. The number of para-hydroxylation sites is 1. The molecule has 6 nitrogen and oxygen atoms in total. The SMILES string of the molecule is O=C(c1ccccc1)N1CCc2c([nH]c3ccccc23)C1c1ccc([N+](=O)[O-])cc1. The Morgan fingerprint density at radius 2 is 1.67 bits per heavy atom. The van der Waals surface area contributed by atoms with Crippen LogP contribution in [0.15, 0.2) is 78.9 Å². The van der Waals surface area contributed by atoms with Crippen LogP contribution in [0.4, 0.5) is 5.69 Å². The smallest absolute Gasteiger partial charge is 0.269 e. The first kappa shape index (κ1) is 18.1. The molecule has 0 saturated carbocycles. The molecule has 0 aliphatic carbocycles. The van der Waals surface area contributed by atoms with Gasteiger partial charge in [0.2, 0.25) is 0 Å². The number of benzene rings is 3. The molecule has 1 aliphatic rings. The lowest BCUT2D eigenvalue weighted by Crippen LogP contribution is -2.40. The number of hydrogen-bond acceptors (Lipinski definition) is 3. The molecule has 1 unspecified atom stereocenters. The van der Waals surface area contributed by atoms with E-state index < -0.39 is 4.92 Å². The number of fused-ring (bicyclic) bond motifs is 3. The first-order valence-corrected chi connectivity index (χ1v) is 9.83. The molecular formula is C24H19N3O3. The molecule has 0 saturated heterocycles. The van der Waals surface area contributed by atoms with Crippen LogP contribution in [-0.4, -0.2) is 27.3 Å². The average molecular weight is 397 g/mol. The number of nitrogens with one attached hydrogen (secondary N) is 1. The van der Waals surface area contributed by atoms with E-state index in [2.05, 4.69) is 11.1 Å². The maximum atomic E-state index is 13.4. The summed E-state index contributed by atoms with van der Waals surface area (Å²) in [5.74, 6) is -0.0525. The van der Waals surface area contributed by atoms with Crippen molar-refractivity contribution in [3.05, 3.63) is 111 Å². The maximum Gasteiger partial charge on any atom is 0.269 e. The minimum atomic E-state index is -0.411. The molecule has 1 N–H and O–H groups in total. The second-order valence-corrected chi connectivity index (χ2v) is 7.43. The molecule has 0 bridgehead atoms. The second-order valence-electron chi connectivity index (χ2n) is 7.43. The predicted octanol–water partition coefficient (Wildman–Crippen LogP) is 4.86. The number of H-pyrrole nitrogens is 1. The molecule has 1 aliphatic heterocycles. The number of hydrogen-bond donors (Lipinski definition) is 1. The fourth-order valence-electron chi connectivity index (χ4n) is 4.33. The summed E-state index contributed by atoms with van der Waals surface area (Å²) in [4.78, 5) is 29.4. The Morgan fingerprint density at radius 3 is 2.40 bits per heavy atom. The maximum absolute atomic E-state index is 13.4. The van der Waals surface area contributed by atoms with Gasteiger partial charge in [-0.25, -0.2) is 0 Å². The minimum Gasteiger partial charge on any atom is -0.356 e. The third-order valence-corrected chi connectivity index (χ3v) is 5.74. The highest BCUT2D eigenvalue weighted by atomic mass is 16.6. The number of nitrogens with zero attached hydrogens (tertiary/aromatic N) is 2. The van der Waals surface area contributed by atoms with E-state index in [-0.39, 0.29) is 17.6 Å². The number of aromatic amines is 1.